The fourth-order valence-corrected chi connectivity index (χ4v) is 2.50. The molecule has 1 aliphatic rings. The van der Waals surface area contributed by atoms with Crippen LogP contribution < -0.4 is 4.90 Å². The van der Waals surface area contributed by atoms with E-state index >= 15 is 0 Å². The summed E-state index contributed by atoms with van der Waals surface area (Å²) in [5.41, 5.74) is 1.20. The van der Waals surface area contributed by atoms with Crippen molar-refractivity contribution in [1.82, 2.24) is 0 Å². The van der Waals surface area contributed by atoms with E-state index in [-0.39, 0.29) is 18.9 Å². The number of carboxylic acid groups (broad SMARTS) is 1. The Bertz CT molecular complexity index is 557. The Kier molecular flexibility index (Phi) is 4.20. The molecule has 0 saturated carbocycles. The van der Waals surface area contributed by atoms with Gasteiger partial charge in [0.1, 0.15) is 0 Å². The van der Waals surface area contributed by atoms with E-state index in [4.69, 9.17) is 5.11 Å². The summed E-state index contributed by atoms with van der Waals surface area (Å²) in [5, 5.41) is 8.88. The second-order valence-electron chi connectivity index (χ2n) is 4.97. The van der Waals surface area contributed by atoms with Gasteiger partial charge in [0.2, 0.25) is 5.91 Å². The molecule has 1 aliphatic heterocycles. The number of para-hydroxylation sites is 1. The van der Waals surface area contributed by atoms with Gasteiger partial charge in [-0.1, -0.05) is 18.2 Å². The predicted molar refractivity (Wildman–Crippen MR) is 69.1 cm³/mol. The Hall–Kier alpha value is -2.05. The Morgan fingerprint density at radius 3 is 2.57 bits per heavy atom. The summed E-state index contributed by atoms with van der Waals surface area (Å²) in [6.45, 7) is 0.113. The second kappa shape index (κ2) is 5.75. The van der Waals surface area contributed by atoms with Crippen LogP contribution >= 0.6 is 0 Å². The molecule has 21 heavy (non-hydrogen) atoms. The smallest absolute Gasteiger partial charge is 0.389 e. The SMILES string of the molecule is O=C(O)CC1CN(C(=O)CCC(F)(F)F)c2ccccc21. The lowest BCUT2D eigenvalue weighted by Crippen LogP contribution is -2.31. The molecule has 0 bridgehead atoms. The summed E-state index contributed by atoms with van der Waals surface area (Å²) in [4.78, 5) is 24.1. The molecule has 0 spiro atoms. The van der Waals surface area contributed by atoms with E-state index < -0.39 is 30.9 Å². The average molecular weight is 301 g/mol. The lowest BCUT2D eigenvalue weighted by Gasteiger charge is -2.18. The molecule has 1 atom stereocenters. The minimum atomic E-state index is -4.38. The molecule has 1 amide bonds. The summed E-state index contributed by atoms with van der Waals surface area (Å²) in [7, 11) is 0. The average Bonchev–Trinajstić information content (AvgIpc) is 2.74. The zero-order valence-corrected chi connectivity index (χ0v) is 11.1. The van der Waals surface area contributed by atoms with Gasteiger partial charge in [0.05, 0.1) is 12.8 Å². The standard InChI is InChI=1S/C14H14F3NO3/c15-14(16,17)6-5-12(19)18-8-9(7-13(20)21)10-3-1-2-4-11(10)18/h1-4,9H,5-8H2,(H,20,21). The van der Waals surface area contributed by atoms with Gasteiger partial charge < -0.3 is 10.0 Å². The highest BCUT2D eigenvalue weighted by Crippen LogP contribution is 2.38. The largest absolute Gasteiger partial charge is 0.481 e. The van der Waals surface area contributed by atoms with Crippen molar-refractivity contribution < 1.29 is 27.9 Å². The van der Waals surface area contributed by atoms with Gasteiger partial charge in [-0.25, -0.2) is 0 Å². The Labute approximate surface area is 119 Å². The second-order valence-corrected chi connectivity index (χ2v) is 4.97. The van der Waals surface area contributed by atoms with Crippen molar-refractivity contribution in [2.45, 2.75) is 31.4 Å². The maximum Gasteiger partial charge on any atom is 0.389 e. The number of alkyl halides is 3. The molecule has 0 aromatic heterocycles. The first-order valence-corrected chi connectivity index (χ1v) is 6.46. The highest BCUT2D eigenvalue weighted by Gasteiger charge is 2.35. The van der Waals surface area contributed by atoms with E-state index in [2.05, 4.69) is 0 Å². The predicted octanol–water partition coefficient (Wildman–Crippen LogP) is 2.93. The third-order valence-corrected chi connectivity index (χ3v) is 3.41. The van der Waals surface area contributed by atoms with E-state index in [1.165, 1.54) is 4.90 Å². The van der Waals surface area contributed by atoms with Gasteiger partial charge >= 0.3 is 12.1 Å². The van der Waals surface area contributed by atoms with Crippen molar-refractivity contribution in [3.63, 3.8) is 0 Å². The number of hydrogen-bond donors (Lipinski definition) is 1. The number of halogens is 3. The van der Waals surface area contributed by atoms with E-state index in [9.17, 15) is 22.8 Å². The van der Waals surface area contributed by atoms with Crippen molar-refractivity contribution in [3.05, 3.63) is 29.8 Å². The molecule has 0 aliphatic carbocycles. The minimum Gasteiger partial charge on any atom is -0.481 e. The number of carboxylic acids is 1. The lowest BCUT2D eigenvalue weighted by atomic mass is 9.98. The summed E-state index contributed by atoms with van der Waals surface area (Å²) in [5.74, 6) is -2.01. The zero-order valence-electron chi connectivity index (χ0n) is 11.1. The van der Waals surface area contributed by atoms with Gasteiger partial charge in [-0.2, -0.15) is 13.2 Å². The van der Waals surface area contributed by atoms with Crippen LogP contribution in [0.5, 0.6) is 0 Å². The summed E-state index contributed by atoms with van der Waals surface area (Å²) < 4.78 is 36.6. The van der Waals surface area contributed by atoms with Crippen molar-refractivity contribution >= 4 is 17.6 Å². The number of amides is 1. The third kappa shape index (κ3) is 3.74. The number of fused-ring (bicyclic) bond motifs is 1. The number of anilines is 1. The van der Waals surface area contributed by atoms with E-state index in [1.54, 1.807) is 24.3 Å². The van der Waals surface area contributed by atoms with Crippen LogP contribution in [0, 0.1) is 0 Å². The molecule has 7 heteroatoms. The maximum atomic E-state index is 12.2. The third-order valence-electron chi connectivity index (χ3n) is 3.41. The van der Waals surface area contributed by atoms with Gasteiger partial charge in [-0.15, -0.1) is 0 Å². The van der Waals surface area contributed by atoms with Gasteiger partial charge in [-0.05, 0) is 11.6 Å². The van der Waals surface area contributed by atoms with Crippen molar-refractivity contribution in [1.29, 1.82) is 0 Å². The van der Waals surface area contributed by atoms with Crippen LogP contribution in [0.3, 0.4) is 0 Å². The number of aliphatic carboxylic acids is 1. The van der Waals surface area contributed by atoms with Crippen LogP contribution in [0.25, 0.3) is 0 Å². The first kappa shape index (κ1) is 15.3. The van der Waals surface area contributed by atoms with E-state index in [0.717, 1.165) is 0 Å². The van der Waals surface area contributed by atoms with Gasteiger partial charge in [0.15, 0.2) is 0 Å². The monoisotopic (exact) mass is 301 g/mol. The Morgan fingerprint density at radius 1 is 1.29 bits per heavy atom. The number of carbonyl (C=O) groups is 2. The molecule has 114 valence electrons. The number of carbonyl (C=O) groups excluding carboxylic acids is 1. The first-order chi connectivity index (χ1) is 9.78. The van der Waals surface area contributed by atoms with Gasteiger partial charge in [0, 0.05) is 24.6 Å². The highest BCUT2D eigenvalue weighted by molar-refractivity contribution is 5.96. The highest BCUT2D eigenvalue weighted by atomic mass is 19.4. The normalized spacial score (nSPS) is 17.7. The molecule has 1 unspecified atom stereocenters. The van der Waals surface area contributed by atoms with Crippen LogP contribution in [-0.4, -0.2) is 29.7 Å². The molecule has 1 N–H and O–H groups in total. The first-order valence-electron chi connectivity index (χ1n) is 6.46. The summed E-state index contributed by atoms with van der Waals surface area (Å²) in [6, 6.07) is 6.73. The molecular formula is C14H14F3NO3. The molecule has 0 fully saturated rings. The molecule has 1 aromatic carbocycles. The summed E-state index contributed by atoms with van der Waals surface area (Å²) in [6.07, 6.45) is -6.33. The van der Waals surface area contributed by atoms with Crippen LogP contribution in [0.4, 0.5) is 18.9 Å². The molecule has 1 aromatic rings. The molecule has 4 nitrogen and oxygen atoms in total. The molecule has 0 saturated heterocycles. The fraction of sp³-hybridized carbons (Fsp3) is 0.429. The molecular weight excluding hydrogens is 287 g/mol. The van der Waals surface area contributed by atoms with Crippen LogP contribution in [0.15, 0.2) is 24.3 Å². The Balaban J connectivity index is 2.15. The molecule has 2 rings (SSSR count). The van der Waals surface area contributed by atoms with Crippen LogP contribution in [0.2, 0.25) is 0 Å². The number of benzene rings is 1. The zero-order chi connectivity index (χ0) is 15.6. The number of nitrogens with zero attached hydrogens (tertiary/aromatic N) is 1. The van der Waals surface area contributed by atoms with Crippen molar-refractivity contribution in [3.8, 4) is 0 Å². The van der Waals surface area contributed by atoms with Crippen LogP contribution in [-0.2, 0) is 9.59 Å². The molecule has 0 radical (unpaired) electrons. The quantitative estimate of drug-likeness (QED) is 0.930. The van der Waals surface area contributed by atoms with Crippen molar-refractivity contribution in [2.24, 2.45) is 0 Å². The van der Waals surface area contributed by atoms with Crippen LogP contribution in [0.1, 0.15) is 30.7 Å². The van der Waals surface area contributed by atoms with Gasteiger partial charge in [-0.3, -0.25) is 9.59 Å². The minimum absolute atomic E-state index is 0.113. The number of rotatable bonds is 4. The fourth-order valence-electron chi connectivity index (χ4n) is 2.50. The maximum absolute atomic E-state index is 12.2. The molecule has 1 heterocycles. The topological polar surface area (TPSA) is 57.6 Å². The van der Waals surface area contributed by atoms with Crippen molar-refractivity contribution in [2.75, 3.05) is 11.4 Å². The number of hydrogen-bond acceptors (Lipinski definition) is 2. The Morgan fingerprint density at radius 2 is 1.95 bits per heavy atom. The van der Waals surface area contributed by atoms with Gasteiger partial charge in [0.25, 0.3) is 0 Å². The summed E-state index contributed by atoms with van der Waals surface area (Å²) >= 11 is 0. The van der Waals surface area contributed by atoms with E-state index in [1.807, 2.05) is 0 Å². The van der Waals surface area contributed by atoms with E-state index in [0.29, 0.717) is 11.3 Å². The lowest BCUT2D eigenvalue weighted by molar-refractivity contribution is -0.143.